The number of carbonyl (C=O) groups is 1. The van der Waals surface area contributed by atoms with E-state index in [0.29, 0.717) is 47.7 Å². The first-order valence-electron chi connectivity index (χ1n) is 10.8. The van der Waals surface area contributed by atoms with Crippen LogP contribution in [0.25, 0.3) is 22.4 Å². The summed E-state index contributed by atoms with van der Waals surface area (Å²) >= 11 is 0. The minimum atomic E-state index is -0.0599. The van der Waals surface area contributed by atoms with Crippen molar-refractivity contribution in [2.75, 3.05) is 13.2 Å². The molecule has 1 aliphatic rings. The van der Waals surface area contributed by atoms with Crippen molar-refractivity contribution in [1.82, 2.24) is 15.0 Å². The van der Waals surface area contributed by atoms with Gasteiger partial charge in [0.05, 0.1) is 28.9 Å². The minimum absolute atomic E-state index is 0.0599. The van der Waals surface area contributed by atoms with Gasteiger partial charge >= 0.3 is 0 Å². The second-order valence-electron chi connectivity index (χ2n) is 8.17. The lowest BCUT2D eigenvalue weighted by atomic mass is 9.98. The molecule has 1 aliphatic heterocycles. The molecule has 0 saturated carbocycles. The van der Waals surface area contributed by atoms with E-state index in [0.717, 1.165) is 34.8 Å². The number of rotatable bonds is 4. The molecule has 7 nitrogen and oxygen atoms in total. The minimum Gasteiger partial charge on any atom is -0.494 e. The van der Waals surface area contributed by atoms with Gasteiger partial charge in [0.2, 0.25) is 0 Å². The number of fused-ring (bicyclic) bond motifs is 2. The highest BCUT2D eigenvalue weighted by Gasteiger charge is 2.27. The first-order valence-corrected chi connectivity index (χ1v) is 10.8. The molecule has 0 N–H and O–H groups in total. The van der Waals surface area contributed by atoms with Gasteiger partial charge in [0.1, 0.15) is 17.3 Å². The largest absolute Gasteiger partial charge is 0.494 e. The fraction of sp³-hybridized carbons (Fsp3) is 0.320. The predicted molar refractivity (Wildman–Crippen MR) is 120 cm³/mol. The van der Waals surface area contributed by atoms with Crippen LogP contribution in [-0.2, 0) is 13.0 Å². The molecule has 0 bridgehead atoms. The standard InChI is InChI=1S/C25H25N3O4/c1-5-30-19-7-6-17-8-9-28(13-18(17)11-19)25(29)21-12-22(20-10-14(2)31-16(20)4)26-24-23(21)15(3)27-32-24/h6-7,10-12H,5,8-9,13H2,1-4H3. The summed E-state index contributed by atoms with van der Waals surface area (Å²) in [7, 11) is 0. The van der Waals surface area contributed by atoms with Crippen molar-refractivity contribution in [3.63, 3.8) is 0 Å². The zero-order valence-corrected chi connectivity index (χ0v) is 18.7. The number of furan rings is 1. The number of pyridine rings is 1. The summed E-state index contributed by atoms with van der Waals surface area (Å²) in [5.41, 5.74) is 5.41. The Morgan fingerprint density at radius 2 is 2.00 bits per heavy atom. The quantitative estimate of drug-likeness (QED) is 0.452. The van der Waals surface area contributed by atoms with Gasteiger partial charge in [-0.05, 0) is 69.5 Å². The monoisotopic (exact) mass is 431 g/mol. The first-order chi connectivity index (χ1) is 15.4. The summed E-state index contributed by atoms with van der Waals surface area (Å²) < 4.78 is 16.8. The molecule has 1 aromatic carbocycles. The number of hydrogen-bond acceptors (Lipinski definition) is 6. The van der Waals surface area contributed by atoms with Crippen molar-refractivity contribution >= 4 is 17.0 Å². The van der Waals surface area contributed by atoms with Crippen LogP contribution < -0.4 is 4.74 Å². The molecule has 1 amide bonds. The zero-order chi connectivity index (χ0) is 22.4. The van der Waals surface area contributed by atoms with E-state index in [1.807, 2.05) is 56.9 Å². The highest BCUT2D eigenvalue weighted by atomic mass is 16.5. The van der Waals surface area contributed by atoms with Crippen molar-refractivity contribution < 1.29 is 18.5 Å². The summed E-state index contributed by atoms with van der Waals surface area (Å²) in [4.78, 5) is 20.2. The Hall–Kier alpha value is -3.61. The van der Waals surface area contributed by atoms with Crippen LogP contribution in [0.15, 0.2) is 39.3 Å². The van der Waals surface area contributed by atoms with Gasteiger partial charge in [0, 0.05) is 18.7 Å². The number of benzene rings is 1. The maximum atomic E-state index is 13.7. The van der Waals surface area contributed by atoms with E-state index in [-0.39, 0.29) is 5.91 Å². The fourth-order valence-electron chi connectivity index (χ4n) is 4.42. The molecule has 164 valence electrons. The van der Waals surface area contributed by atoms with Crippen molar-refractivity contribution in [2.45, 2.75) is 40.7 Å². The van der Waals surface area contributed by atoms with Crippen LogP contribution in [0.1, 0.15) is 45.6 Å². The van der Waals surface area contributed by atoms with Crippen molar-refractivity contribution in [3.8, 4) is 17.0 Å². The van der Waals surface area contributed by atoms with Crippen LogP contribution >= 0.6 is 0 Å². The third-order valence-electron chi connectivity index (χ3n) is 5.95. The van der Waals surface area contributed by atoms with Crippen molar-refractivity contribution in [1.29, 1.82) is 0 Å². The Bertz CT molecular complexity index is 1330. The second kappa shape index (κ2) is 7.82. The molecule has 0 unspecified atom stereocenters. The summed E-state index contributed by atoms with van der Waals surface area (Å²) in [5.74, 6) is 2.31. The molecule has 0 spiro atoms. The molecule has 0 fully saturated rings. The van der Waals surface area contributed by atoms with Crippen molar-refractivity contribution in [2.24, 2.45) is 0 Å². The molecule has 32 heavy (non-hydrogen) atoms. The number of amides is 1. The highest BCUT2D eigenvalue weighted by molar-refractivity contribution is 6.07. The Labute approximate surface area is 186 Å². The van der Waals surface area contributed by atoms with Crippen LogP contribution in [0.5, 0.6) is 5.75 Å². The zero-order valence-electron chi connectivity index (χ0n) is 18.7. The van der Waals surface area contributed by atoms with Gasteiger partial charge in [-0.25, -0.2) is 4.98 Å². The van der Waals surface area contributed by atoms with Gasteiger partial charge in [-0.3, -0.25) is 4.79 Å². The lowest BCUT2D eigenvalue weighted by Crippen LogP contribution is -2.36. The Balaban J connectivity index is 1.55. The van der Waals surface area contributed by atoms with Crippen LogP contribution in [0.2, 0.25) is 0 Å². The average molecular weight is 431 g/mol. The first kappa shape index (κ1) is 20.3. The van der Waals surface area contributed by atoms with Gasteiger partial charge < -0.3 is 18.6 Å². The molecule has 0 aliphatic carbocycles. The Morgan fingerprint density at radius 3 is 2.75 bits per heavy atom. The van der Waals surface area contributed by atoms with Gasteiger partial charge in [-0.15, -0.1) is 0 Å². The lowest BCUT2D eigenvalue weighted by Gasteiger charge is -2.29. The van der Waals surface area contributed by atoms with Crippen LogP contribution in [0.4, 0.5) is 0 Å². The third-order valence-corrected chi connectivity index (χ3v) is 5.95. The van der Waals surface area contributed by atoms with Crippen LogP contribution in [0.3, 0.4) is 0 Å². The van der Waals surface area contributed by atoms with E-state index < -0.39 is 0 Å². The molecule has 5 rings (SSSR count). The van der Waals surface area contributed by atoms with Crippen molar-refractivity contribution in [3.05, 3.63) is 64.2 Å². The van der Waals surface area contributed by atoms with Gasteiger partial charge in [-0.1, -0.05) is 11.2 Å². The molecule has 4 aromatic rings. The van der Waals surface area contributed by atoms with Gasteiger partial charge in [0.25, 0.3) is 11.6 Å². The summed E-state index contributed by atoms with van der Waals surface area (Å²) in [6, 6.07) is 9.88. The molecule has 4 heterocycles. The topological polar surface area (TPSA) is 81.6 Å². The van der Waals surface area contributed by atoms with Gasteiger partial charge in [0.15, 0.2) is 0 Å². The predicted octanol–water partition coefficient (Wildman–Crippen LogP) is 5.01. The molecular formula is C25H25N3O4. The van der Waals surface area contributed by atoms with E-state index in [2.05, 4.69) is 16.2 Å². The summed E-state index contributed by atoms with van der Waals surface area (Å²) in [6.45, 7) is 9.36. The molecule has 7 heteroatoms. The second-order valence-corrected chi connectivity index (χ2v) is 8.17. The number of hydrogen-bond donors (Lipinski definition) is 0. The van der Waals surface area contributed by atoms with E-state index >= 15 is 0 Å². The third kappa shape index (κ3) is 3.43. The Kier molecular flexibility index (Phi) is 4.96. The molecule has 0 atom stereocenters. The molecular weight excluding hydrogens is 406 g/mol. The van der Waals surface area contributed by atoms with Crippen LogP contribution in [0, 0.1) is 20.8 Å². The van der Waals surface area contributed by atoms with E-state index in [1.165, 1.54) is 5.56 Å². The summed E-state index contributed by atoms with van der Waals surface area (Å²) in [5, 5.41) is 4.72. The van der Waals surface area contributed by atoms with E-state index in [4.69, 9.17) is 13.7 Å². The van der Waals surface area contributed by atoms with Crippen LogP contribution in [-0.4, -0.2) is 34.1 Å². The normalized spacial score (nSPS) is 13.4. The molecule has 3 aromatic heterocycles. The number of nitrogens with zero attached hydrogens (tertiary/aromatic N) is 3. The van der Waals surface area contributed by atoms with E-state index in [1.54, 1.807) is 0 Å². The SMILES string of the molecule is CCOc1ccc2c(c1)CN(C(=O)c1cc(-c3cc(C)oc3C)nc3onc(C)c13)CC2. The number of ether oxygens (including phenoxy) is 1. The van der Waals surface area contributed by atoms with E-state index in [9.17, 15) is 4.79 Å². The number of aromatic nitrogens is 2. The maximum Gasteiger partial charge on any atom is 0.259 e. The lowest BCUT2D eigenvalue weighted by molar-refractivity contribution is 0.0736. The molecule has 0 radical (unpaired) electrons. The number of aryl methyl sites for hydroxylation is 3. The fourth-order valence-corrected chi connectivity index (χ4v) is 4.42. The smallest absolute Gasteiger partial charge is 0.259 e. The summed E-state index contributed by atoms with van der Waals surface area (Å²) in [6.07, 6.45) is 0.803. The maximum absolute atomic E-state index is 13.7. The number of carbonyl (C=O) groups excluding carboxylic acids is 1. The average Bonchev–Trinajstić information content (AvgIpc) is 3.33. The van der Waals surface area contributed by atoms with Gasteiger partial charge in [-0.2, -0.15) is 0 Å². The highest BCUT2D eigenvalue weighted by Crippen LogP contribution is 2.32. The Morgan fingerprint density at radius 1 is 1.16 bits per heavy atom. The molecule has 0 saturated heterocycles.